The first-order valence-electron chi connectivity index (χ1n) is 10.4. The van der Waals surface area contributed by atoms with Crippen molar-refractivity contribution in [3.63, 3.8) is 0 Å². The van der Waals surface area contributed by atoms with Gasteiger partial charge in [-0.2, -0.15) is 5.10 Å². The van der Waals surface area contributed by atoms with E-state index in [1.165, 1.54) is 0 Å². The van der Waals surface area contributed by atoms with Crippen molar-refractivity contribution < 1.29 is 9.53 Å². The summed E-state index contributed by atoms with van der Waals surface area (Å²) >= 11 is 0. The van der Waals surface area contributed by atoms with Crippen LogP contribution in [0.1, 0.15) is 43.4 Å². The highest BCUT2D eigenvalue weighted by Gasteiger charge is 2.31. The van der Waals surface area contributed by atoms with Crippen molar-refractivity contribution in [1.82, 2.24) is 21.3 Å². The van der Waals surface area contributed by atoms with Crippen LogP contribution in [-0.4, -0.2) is 29.8 Å². The number of fused-ring (bicyclic) bond motifs is 1. The highest BCUT2D eigenvalue weighted by Crippen LogP contribution is 2.30. The molecule has 2 atom stereocenters. The summed E-state index contributed by atoms with van der Waals surface area (Å²) in [6.07, 6.45) is 6.26. The van der Waals surface area contributed by atoms with E-state index in [4.69, 9.17) is 4.74 Å². The van der Waals surface area contributed by atoms with Crippen LogP contribution >= 0.6 is 0 Å². The highest BCUT2D eigenvalue weighted by atomic mass is 16.5. The Hall–Kier alpha value is -3.16. The molecule has 0 bridgehead atoms. The Morgan fingerprint density at radius 2 is 2.03 bits per heavy atom. The third-order valence-corrected chi connectivity index (χ3v) is 5.27. The summed E-state index contributed by atoms with van der Waals surface area (Å²) in [6.45, 7) is 2.84. The Balaban J connectivity index is 1.35. The normalized spacial score (nSPS) is 18.8. The smallest absolute Gasteiger partial charge is 0.258 e. The summed E-state index contributed by atoms with van der Waals surface area (Å²) in [7, 11) is 0. The average Bonchev–Trinajstić information content (AvgIpc) is 3.42. The van der Waals surface area contributed by atoms with E-state index >= 15 is 0 Å². The van der Waals surface area contributed by atoms with Crippen LogP contribution in [0.2, 0.25) is 0 Å². The SMILES string of the molecule is CCCCOc1ccccc1C1CC(C(=O)N/N=C/c2c[nH]c3ccccc23)NN1. The van der Waals surface area contributed by atoms with Crippen molar-refractivity contribution in [3.8, 4) is 5.75 Å². The van der Waals surface area contributed by atoms with E-state index < -0.39 is 0 Å². The van der Waals surface area contributed by atoms with Gasteiger partial charge in [0.15, 0.2) is 0 Å². The van der Waals surface area contributed by atoms with Crippen LogP contribution in [0, 0.1) is 0 Å². The molecule has 4 N–H and O–H groups in total. The van der Waals surface area contributed by atoms with Gasteiger partial charge < -0.3 is 9.72 Å². The lowest BCUT2D eigenvalue weighted by atomic mass is 10.0. The van der Waals surface area contributed by atoms with Crippen molar-refractivity contribution in [2.45, 2.75) is 38.3 Å². The summed E-state index contributed by atoms with van der Waals surface area (Å²) in [5.74, 6) is 0.689. The summed E-state index contributed by atoms with van der Waals surface area (Å²) < 4.78 is 5.93. The summed E-state index contributed by atoms with van der Waals surface area (Å²) in [4.78, 5) is 15.7. The molecule has 1 aliphatic rings. The molecule has 1 aliphatic heterocycles. The van der Waals surface area contributed by atoms with E-state index in [1.54, 1.807) is 6.21 Å². The van der Waals surface area contributed by atoms with Gasteiger partial charge >= 0.3 is 0 Å². The number of unbranched alkanes of at least 4 members (excludes halogenated alkanes) is 1. The number of aromatic nitrogens is 1. The quantitative estimate of drug-likeness (QED) is 0.263. The lowest BCUT2D eigenvalue weighted by molar-refractivity contribution is -0.122. The van der Waals surface area contributed by atoms with Gasteiger partial charge in [0.25, 0.3) is 5.91 Å². The highest BCUT2D eigenvalue weighted by molar-refractivity contribution is 5.99. The third-order valence-electron chi connectivity index (χ3n) is 5.27. The minimum absolute atomic E-state index is 0.00354. The number of amides is 1. The molecule has 1 aromatic heterocycles. The molecule has 2 aromatic carbocycles. The first-order chi connectivity index (χ1) is 14.8. The number of ether oxygens (including phenoxy) is 1. The van der Waals surface area contributed by atoms with Gasteiger partial charge in [-0.25, -0.2) is 16.3 Å². The van der Waals surface area contributed by atoms with Gasteiger partial charge in [-0.1, -0.05) is 49.7 Å². The maximum atomic E-state index is 12.5. The van der Waals surface area contributed by atoms with Gasteiger partial charge in [0, 0.05) is 28.2 Å². The van der Waals surface area contributed by atoms with Crippen molar-refractivity contribution in [2.75, 3.05) is 6.61 Å². The predicted octanol–water partition coefficient (Wildman–Crippen LogP) is 3.40. The number of benzene rings is 2. The van der Waals surface area contributed by atoms with E-state index in [2.05, 4.69) is 33.3 Å². The number of hydrogen-bond acceptors (Lipinski definition) is 5. The standard InChI is InChI=1S/C23H27N5O2/c1-2-3-12-30-22-11-7-5-9-18(22)20-13-21(27-26-20)23(29)28-25-15-16-14-24-19-10-6-4-8-17(16)19/h4-11,14-15,20-21,24,26-27H,2-3,12-13H2,1H3,(H,28,29)/b25-15+. The predicted molar refractivity (Wildman–Crippen MR) is 118 cm³/mol. The van der Waals surface area contributed by atoms with E-state index in [9.17, 15) is 4.79 Å². The molecule has 0 aliphatic carbocycles. The molecule has 2 heterocycles. The maximum Gasteiger partial charge on any atom is 0.258 e. The summed E-state index contributed by atoms with van der Waals surface area (Å²) in [5.41, 5.74) is 12.0. The number of aromatic amines is 1. The molecule has 3 aromatic rings. The molecule has 156 valence electrons. The maximum absolute atomic E-state index is 12.5. The van der Waals surface area contributed by atoms with E-state index in [1.807, 2.05) is 54.7 Å². The number of carbonyl (C=O) groups excluding carboxylic acids is 1. The zero-order valence-corrected chi connectivity index (χ0v) is 17.0. The Kier molecular flexibility index (Phi) is 6.41. The number of hydrogen-bond donors (Lipinski definition) is 4. The molecular weight excluding hydrogens is 378 g/mol. The van der Waals surface area contributed by atoms with Gasteiger partial charge in [-0.3, -0.25) is 4.79 Å². The zero-order chi connectivity index (χ0) is 20.8. The zero-order valence-electron chi connectivity index (χ0n) is 17.0. The molecule has 4 rings (SSSR count). The largest absolute Gasteiger partial charge is 0.493 e. The Labute approximate surface area is 175 Å². The molecule has 1 fully saturated rings. The molecular formula is C23H27N5O2. The second-order valence-corrected chi connectivity index (χ2v) is 7.39. The van der Waals surface area contributed by atoms with Crippen LogP contribution in [-0.2, 0) is 4.79 Å². The molecule has 7 nitrogen and oxygen atoms in total. The number of H-pyrrole nitrogens is 1. The van der Waals surface area contributed by atoms with Crippen molar-refractivity contribution in [3.05, 3.63) is 65.9 Å². The van der Waals surface area contributed by atoms with E-state index in [0.717, 1.165) is 40.6 Å². The molecule has 1 saturated heterocycles. The van der Waals surface area contributed by atoms with Crippen LogP contribution in [0.25, 0.3) is 10.9 Å². The minimum atomic E-state index is -0.376. The average molecular weight is 406 g/mol. The van der Waals surface area contributed by atoms with Gasteiger partial charge in [0.1, 0.15) is 11.8 Å². The monoisotopic (exact) mass is 405 g/mol. The number of carbonyl (C=O) groups is 1. The van der Waals surface area contributed by atoms with Gasteiger partial charge in [0.05, 0.1) is 18.9 Å². The van der Waals surface area contributed by atoms with Crippen LogP contribution in [0.4, 0.5) is 0 Å². The van der Waals surface area contributed by atoms with E-state index in [0.29, 0.717) is 13.0 Å². The third kappa shape index (κ3) is 4.53. The van der Waals surface area contributed by atoms with Crippen molar-refractivity contribution >= 4 is 23.0 Å². The molecule has 0 spiro atoms. The molecule has 30 heavy (non-hydrogen) atoms. The first-order valence-corrected chi connectivity index (χ1v) is 10.4. The number of hydrazine groups is 1. The topological polar surface area (TPSA) is 90.5 Å². The summed E-state index contributed by atoms with van der Waals surface area (Å²) in [5, 5.41) is 5.20. The number of para-hydroxylation sites is 2. The fourth-order valence-corrected chi connectivity index (χ4v) is 3.60. The fraction of sp³-hybridized carbons (Fsp3) is 0.304. The minimum Gasteiger partial charge on any atom is -0.493 e. The second kappa shape index (κ2) is 9.56. The molecule has 1 amide bonds. The van der Waals surface area contributed by atoms with Crippen LogP contribution < -0.4 is 21.0 Å². The number of rotatable bonds is 8. The molecule has 0 saturated carbocycles. The number of nitrogens with one attached hydrogen (secondary N) is 4. The second-order valence-electron chi connectivity index (χ2n) is 7.39. The molecule has 0 radical (unpaired) electrons. The Bertz CT molecular complexity index is 1030. The molecule has 2 unspecified atom stereocenters. The first kappa shape index (κ1) is 20.1. The Morgan fingerprint density at radius 3 is 2.93 bits per heavy atom. The number of nitrogens with zero attached hydrogens (tertiary/aromatic N) is 1. The van der Waals surface area contributed by atoms with Crippen LogP contribution in [0.3, 0.4) is 0 Å². The van der Waals surface area contributed by atoms with Crippen molar-refractivity contribution in [1.29, 1.82) is 0 Å². The molecule has 7 heteroatoms. The van der Waals surface area contributed by atoms with E-state index in [-0.39, 0.29) is 18.0 Å². The fourth-order valence-electron chi connectivity index (χ4n) is 3.60. The van der Waals surface area contributed by atoms with Gasteiger partial charge in [0.2, 0.25) is 0 Å². The number of hydrazone groups is 1. The van der Waals surface area contributed by atoms with Gasteiger partial charge in [-0.05, 0) is 25.0 Å². The van der Waals surface area contributed by atoms with Crippen LogP contribution in [0.15, 0.2) is 59.8 Å². The van der Waals surface area contributed by atoms with Crippen molar-refractivity contribution in [2.24, 2.45) is 5.10 Å². The van der Waals surface area contributed by atoms with Gasteiger partial charge in [-0.15, -0.1) is 0 Å². The lowest BCUT2D eigenvalue weighted by Crippen LogP contribution is -2.41. The summed E-state index contributed by atoms with van der Waals surface area (Å²) in [6, 6.07) is 15.6. The van der Waals surface area contributed by atoms with Crippen LogP contribution in [0.5, 0.6) is 5.75 Å². The Morgan fingerprint density at radius 1 is 1.20 bits per heavy atom. The lowest BCUT2D eigenvalue weighted by Gasteiger charge is -2.15.